The molecule has 0 rings (SSSR count). The minimum absolute atomic E-state index is 0.0358. The summed E-state index contributed by atoms with van der Waals surface area (Å²) in [6.45, 7) is 0.407. The topological polar surface area (TPSA) is 58.4 Å². The first kappa shape index (κ1) is 14.2. The van der Waals surface area contributed by atoms with Crippen molar-refractivity contribution in [3.8, 4) is 0 Å². The highest BCUT2D eigenvalue weighted by Crippen LogP contribution is 2.17. The predicted molar refractivity (Wildman–Crippen MR) is 50.2 cm³/mol. The molecule has 1 unspecified atom stereocenters. The Morgan fingerprint density at radius 1 is 1.53 bits per heavy atom. The SMILES string of the molecule is CNC(=O)C(C)N(CCN)CC(F)(F)F. The Labute approximate surface area is 86.6 Å². The number of hydrogen-bond donors (Lipinski definition) is 2. The van der Waals surface area contributed by atoms with Crippen molar-refractivity contribution >= 4 is 5.91 Å². The molecule has 1 amide bonds. The molecule has 7 heteroatoms. The number of alkyl halides is 3. The van der Waals surface area contributed by atoms with Crippen LogP contribution in [0.2, 0.25) is 0 Å². The molecule has 0 spiro atoms. The van der Waals surface area contributed by atoms with Gasteiger partial charge in [0.2, 0.25) is 5.91 Å². The van der Waals surface area contributed by atoms with Gasteiger partial charge in [0.15, 0.2) is 0 Å². The molecule has 0 heterocycles. The number of nitrogens with two attached hydrogens (primary N) is 1. The van der Waals surface area contributed by atoms with Gasteiger partial charge in [0.1, 0.15) is 0 Å². The van der Waals surface area contributed by atoms with Crippen molar-refractivity contribution in [2.24, 2.45) is 5.73 Å². The predicted octanol–water partition coefficient (Wildman–Crippen LogP) is -0.0561. The lowest BCUT2D eigenvalue weighted by atomic mass is 10.2. The van der Waals surface area contributed by atoms with Gasteiger partial charge in [-0.3, -0.25) is 9.69 Å². The van der Waals surface area contributed by atoms with E-state index in [1.807, 2.05) is 0 Å². The third-order valence-corrected chi connectivity index (χ3v) is 1.97. The van der Waals surface area contributed by atoms with Crippen LogP contribution in [-0.4, -0.2) is 49.7 Å². The molecule has 0 saturated heterocycles. The van der Waals surface area contributed by atoms with Crippen LogP contribution in [0, 0.1) is 0 Å². The largest absolute Gasteiger partial charge is 0.401 e. The molecule has 1 atom stereocenters. The van der Waals surface area contributed by atoms with Crippen LogP contribution in [0.3, 0.4) is 0 Å². The summed E-state index contributed by atoms with van der Waals surface area (Å²) in [5.41, 5.74) is 5.19. The Bertz CT molecular complexity index is 208. The molecule has 15 heavy (non-hydrogen) atoms. The Hall–Kier alpha value is -0.820. The van der Waals surface area contributed by atoms with Crippen LogP contribution >= 0.6 is 0 Å². The summed E-state index contributed by atoms with van der Waals surface area (Å²) in [5, 5.41) is 2.30. The van der Waals surface area contributed by atoms with Crippen molar-refractivity contribution in [1.82, 2.24) is 10.2 Å². The fourth-order valence-corrected chi connectivity index (χ4v) is 1.18. The van der Waals surface area contributed by atoms with Crippen molar-refractivity contribution < 1.29 is 18.0 Å². The molecular weight excluding hydrogens is 211 g/mol. The van der Waals surface area contributed by atoms with Crippen molar-refractivity contribution in [3.63, 3.8) is 0 Å². The van der Waals surface area contributed by atoms with Crippen LogP contribution in [0.25, 0.3) is 0 Å². The lowest BCUT2D eigenvalue weighted by molar-refractivity contribution is -0.153. The second-order valence-corrected chi connectivity index (χ2v) is 3.16. The number of nitrogens with one attached hydrogen (secondary N) is 1. The van der Waals surface area contributed by atoms with Crippen LogP contribution in [0.5, 0.6) is 0 Å². The van der Waals surface area contributed by atoms with Gasteiger partial charge in [-0.15, -0.1) is 0 Å². The smallest absolute Gasteiger partial charge is 0.358 e. The first-order valence-electron chi connectivity index (χ1n) is 4.54. The van der Waals surface area contributed by atoms with Crippen LogP contribution in [-0.2, 0) is 4.79 Å². The summed E-state index contributed by atoms with van der Waals surface area (Å²) in [5.74, 6) is -0.451. The molecule has 4 nitrogen and oxygen atoms in total. The van der Waals surface area contributed by atoms with Gasteiger partial charge in [-0.1, -0.05) is 0 Å². The number of hydrogen-bond acceptors (Lipinski definition) is 3. The molecule has 0 bridgehead atoms. The summed E-state index contributed by atoms with van der Waals surface area (Å²) in [7, 11) is 1.38. The molecule has 0 aromatic carbocycles. The molecule has 0 aliphatic heterocycles. The highest BCUT2D eigenvalue weighted by molar-refractivity contribution is 5.80. The number of amides is 1. The van der Waals surface area contributed by atoms with Gasteiger partial charge in [0, 0.05) is 20.1 Å². The van der Waals surface area contributed by atoms with E-state index < -0.39 is 24.7 Å². The monoisotopic (exact) mass is 227 g/mol. The summed E-state index contributed by atoms with van der Waals surface area (Å²) < 4.78 is 36.4. The normalized spacial score (nSPS) is 14.1. The van der Waals surface area contributed by atoms with Crippen molar-refractivity contribution in [1.29, 1.82) is 0 Å². The minimum Gasteiger partial charge on any atom is -0.358 e. The van der Waals surface area contributed by atoms with Gasteiger partial charge in [-0.2, -0.15) is 13.2 Å². The Morgan fingerprint density at radius 3 is 2.40 bits per heavy atom. The Morgan fingerprint density at radius 2 is 2.07 bits per heavy atom. The molecule has 0 aliphatic carbocycles. The second kappa shape index (κ2) is 5.92. The maximum absolute atomic E-state index is 12.1. The zero-order valence-corrected chi connectivity index (χ0v) is 8.77. The van der Waals surface area contributed by atoms with E-state index in [4.69, 9.17) is 5.73 Å². The lowest BCUT2D eigenvalue weighted by Crippen LogP contribution is -2.49. The fraction of sp³-hybridized carbons (Fsp3) is 0.875. The third-order valence-electron chi connectivity index (χ3n) is 1.97. The summed E-state index contributed by atoms with van der Waals surface area (Å²) in [6.07, 6.45) is -4.32. The molecule has 0 aliphatic rings. The first-order valence-corrected chi connectivity index (χ1v) is 4.54. The summed E-state index contributed by atoms with van der Waals surface area (Å²) in [4.78, 5) is 12.2. The van der Waals surface area contributed by atoms with E-state index >= 15 is 0 Å². The van der Waals surface area contributed by atoms with Gasteiger partial charge in [-0.05, 0) is 6.92 Å². The molecule has 3 N–H and O–H groups in total. The highest BCUT2D eigenvalue weighted by Gasteiger charge is 2.33. The Kier molecular flexibility index (Phi) is 5.59. The number of carbonyl (C=O) groups excluding carboxylic acids is 1. The number of carbonyl (C=O) groups is 1. The maximum Gasteiger partial charge on any atom is 0.401 e. The number of rotatable bonds is 5. The second-order valence-electron chi connectivity index (χ2n) is 3.16. The molecule has 0 aromatic rings. The lowest BCUT2D eigenvalue weighted by Gasteiger charge is -2.27. The van der Waals surface area contributed by atoms with E-state index in [1.54, 1.807) is 0 Å². The third kappa shape index (κ3) is 5.58. The molecule has 0 fully saturated rings. The average molecular weight is 227 g/mol. The van der Waals surface area contributed by atoms with Crippen LogP contribution in [0.1, 0.15) is 6.92 Å². The van der Waals surface area contributed by atoms with E-state index in [2.05, 4.69) is 5.32 Å². The van der Waals surface area contributed by atoms with Crippen LogP contribution in [0.15, 0.2) is 0 Å². The summed E-state index contributed by atoms with van der Waals surface area (Å²) >= 11 is 0. The maximum atomic E-state index is 12.1. The van der Waals surface area contributed by atoms with E-state index in [0.717, 1.165) is 4.90 Å². The number of nitrogens with zero attached hydrogens (tertiary/aromatic N) is 1. The van der Waals surface area contributed by atoms with Gasteiger partial charge in [-0.25, -0.2) is 0 Å². The van der Waals surface area contributed by atoms with Gasteiger partial charge in [0.25, 0.3) is 0 Å². The van der Waals surface area contributed by atoms with Crippen molar-refractivity contribution in [3.05, 3.63) is 0 Å². The van der Waals surface area contributed by atoms with E-state index in [1.165, 1.54) is 14.0 Å². The first-order chi connectivity index (χ1) is 6.81. The van der Waals surface area contributed by atoms with Crippen molar-refractivity contribution in [2.45, 2.75) is 19.1 Å². The molecule has 90 valence electrons. The Balaban J connectivity index is 4.44. The van der Waals surface area contributed by atoms with Gasteiger partial charge < -0.3 is 11.1 Å². The summed E-state index contributed by atoms with van der Waals surface area (Å²) in [6, 6.07) is -0.833. The minimum atomic E-state index is -4.32. The van der Waals surface area contributed by atoms with E-state index in [-0.39, 0.29) is 13.1 Å². The average Bonchev–Trinajstić information content (AvgIpc) is 2.13. The molecule has 0 aromatic heterocycles. The van der Waals surface area contributed by atoms with E-state index in [0.29, 0.717) is 0 Å². The fourth-order valence-electron chi connectivity index (χ4n) is 1.18. The van der Waals surface area contributed by atoms with Crippen LogP contribution < -0.4 is 11.1 Å². The standard InChI is InChI=1S/C8H16F3N3O/c1-6(7(15)13-2)14(4-3-12)5-8(9,10)11/h6H,3-5,12H2,1-2H3,(H,13,15). The number of halogens is 3. The van der Waals surface area contributed by atoms with Gasteiger partial charge in [0.05, 0.1) is 12.6 Å². The molecule has 0 saturated carbocycles. The quantitative estimate of drug-likeness (QED) is 0.692. The molecule has 0 radical (unpaired) electrons. The zero-order chi connectivity index (χ0) is 12.1. The molecular formula is C8H16F3N3O. The van der Waals surface area contributed by atoms with E-state index in [9.17, 15) is 18.0 Å². The zero-order valence-electron chi connectivity index (χ0n) is 8.77. The number of likely N-dealkylation sites (N-methyl/N-ethyl adjacent to an activating group) is 1. The van der Waals surface area contributed by atoms with Crippen LogP contribution in [0.4, 0.5) is 13.2 Å². The highest BCUT2D eigenvalue weighted by atomic mass is 19.4. The van der Waals surface area contributed by atoms with Crippen molar-refractivity contribution in [2.75, 3.05) is 26.7 Å². The van der Waals surface area contributed by atoms with Gasteiger partial charge >= 0.3 is 6.18 Å².